The fraction of sp³-hybridized carbons (Fsp3) is 0.476. The molecule has 0 atom stereocenters. The van der Waals surface area contributed by atoms with E-state index < -0.39 is 0 Å². The van der Waals surface area contributed by atoms with Gasteiger partial charge in [-0.15, -0.1) is 13.2 Å². The zero-order valence-electron chi connectivity index (χ0n) is 15.5. The van der Waals surface area contributed by atoms with E-state index in [1.165, 1.54) is 0 Å². The number of aryl methyl sites for hydroxylation is 1. The molecule has 1 aromatic carbocycles. The first-order valence-corrected chi connectivity index (χ1v) is 8.62. The number of Topliss-reactive ketones (excluding diaryl/α,β-unsaturated/α-hetero) is 1. The number of carbonyl (C=O) groups is 1. The Morgan fingerprint density at radius 1 is 1.00 bits per heavy atom. The molecule has 1 rings (SSSR count). The fourth-order valence-electron chi connectivity index (χ4n) is 2.33. The molecule has 0 spiro atoms. The lowest BCUT2D eigenvalue weighted by Crippen LogP contribution is -2.37. The average molecular weight is 346 g/mol. The van der Waals surface area contributed by atoms with Crippen LogP contribution in [0.15, 0.2) is 49.6 Å². The van der Waals surface area contributed by atoms with Gasteiger partial charge in [-0.2, -0.15) is 0 Å². The molecule has 0 aliphatic rings. The third-order valence-electron chi connectivity index (χ3n) is 4.05. The molecule has 0 saturated heterocycles. The summed E-state index contributed by atoms with van der Waals surface area (Å²) in [5.74, 6) is -0.0241. The molecule has 0 aliphatic heterocycles. The molecule has 0 bridgehead atoms. The summed E-state index contributed by atoms with van der Waals surface area (Å²) in [5.41, 5.74) is 1.50. The highest BCUT2D eigenvalue weighted by Crippen LogP contribution is 2.24. The first-order valence-electron chi connectivity index (χ1n) is 8.62. The van der Waals surface area contributed by atoms with Crippen LogP contribution in [0.3, 0.4) is 0 Å². The molecular weight excluding hydrogens is 316 g/mol. The van der Waals surface area contributed by atoms with Crippen molar-refractivity contribution in [2.24, 2.45) is 5.41 Å². The monoisotopic (exact) mass is 346 g/mol. The van der Waals surface area contributed by atoms with E-state index in [2.05, 4.69) is 20.1 Å². The first kappa shape index (κ1) is 21.3. The lowest BCUT2D eigenvalue weighted by atomic mass is 9.88. The smallest absolute Gasteiger partial charge is 0.188 e. The van der Waals surface area contributed by atoms with E-state index in [-0.39, 0.29) is 17.8 Å². The van der Waals surface area contributed by atoms with Gasteiger partial charge in [0.1, 0.15) is 6.61 Å². The molecule has 0 unspecified atom stereocenters. The minimum Gasteiger partial charge on any atom is -0.377 e. The second-order valence-corrected chi connectivity index (χ2v) is 6.24. The first-order chi connectivity index (χ1) is 12.1. The van der Waals surface area contributed by atoms with E-state index in [0.717, 1.165) is 12.0 Å². The summed E-state index contributed by atoms with van der Waals surface area (Å²) in [6.45, 7) is 13.8. The topological polar surface area (TPSA) is 44.8 Å². The molecule has 0 aromatic heterocycles. The lowest BCUT2D eigenvalue weighted by molar-refractivity contribution is -0.0598. The third kappa shape index (κ3) is 7.78. The van der Waals surface area contributed by atoms with Gasteiger partial charge < -0.3 is 14.2 Å². The largest absolute Gasteiger partial charge is 0.377 e. The number of ether oxygens (including phenoxy) is 3. The predicted molar refractivity (Wildman–Crippen MR) is 101 cm³/mol. The van der Waals surface area contributed by atoms with Crippen molar-refractivity contribution in [3.63, 3.8) is 0 Å². The summed E-state index contributed by atoms with van der Waals surface area (Å²) in [6, 6.07) is 7.51. The zero-order valence-corrected chi connectivity index (χ0v) is 15.5. The maximum atomic E-state index is 12.2. The maximum absolute atomic E-state index is 12.2. The average Bonchev–Trinajstić information content (AvgIpc) is 2.62. The van der Waals surface area contributed by atoms with Crippen molar-refractivity contribution in [1.29, 1.82) is 0 Å². The molecule has 0 heterocycles. The van der Waals surface area contributed by atoms with E-state index in [9.17, 15) is 4.79 Å². The maximum Gasteiger partial charge on any atom is 0.188 e. The number of benzene rings is 1. The summed E-state index contributed by atoms with van der Waals surface area (Å²) in [4.78, 5) is 12.2. The quantitative estimate of drug-likeness (QED) is 0.290. The van der Waals surface area contributed by atoms with Crippen LogP contribution >= 0.6 is 0 Å². The number of hydrogen-bond acceptors (Lipinski definition) is 4. The summed E-state index contributed by atoms with van der Waals surface area (Å²) in [7, 11) is 0. The van der Waals surface area contributed by atoms with Gasteiger partial charge in [0.2, 0.25) is 0 Å². The molecule has 0 N–H and O–H groups in total. The van der Waals surface area contributed by atoms with Gasteiger partial charge >= 0.3 is 0 Å². The van der Waals surface area contributed by atoms with E-state index in [4.69, 9.17) is 14.2 Å². The van der Waals surface area contributed by atoms with Crippen molar-refractivity contribution in [3.05, 3.63) is 60.7 Å². The molecule has 0 fully saturated rings. The van der Waals surface area contributed by atoms with Gasteiger partial charge in [-0.3, -0.25) is 4.79 Å². The van der Waals surface area contributed by atoms with E-state index >= 15 is 0 Å². The molecule has 4 nitrogen and oxygen atoms in total. The summed E-state index contributed by atoms with van der Waals surface area (Å²) < 4.78 is 17.0. The Bertz CT molecular complexity index is 519. The van der Waals surface area contributed by atoms with Gasteiger partial charge in [-0.05, 0) is 13.3 Å². The van der Waals surface area contributed by atoms with Crippen LogP contribution in [0.1, 0.15) is 29.3 Å². The molecule has 0 radical (unpaired) electrons. The fourth-order valence-corrected chi connectivity index (χ4v) is 2.33. The minimum atomic E-state index is -0.292. The van der Waals surface area contributed by atoms with Crippen molar-refractivity contribution < 1.29 is 19.0 Å². The molecular formula is C21H30O4. The van der Waals surface area contributed by atoms with Gasteiger partial charge in [0.05, 0.1) is 33.0 Å². The number of carbonyl (C=O) groups excluding carboxylic acids is 1. The minimum absolute atomic E-state index is 0.0241. The van der Waals surface area contributed by atoms with Gasteiger partial charge in [0.15, 0.2) is 5.78 Å². The molecule has 0 amide bonds. The molecule has 0 aliphatic carbocycles. The van der Waals surface area contributed by atoms with Crippen molar-refractivity contribution in [2.75, 3.05) is 39.6 Å². The standard InChI is InChI=1S/C21H30O4/c1-5-12-23-15-21(7-3,16-24-13-6-2)17-25-14-20(22)19-10-8-18(4)9-11-19/h5-6,8-11H,1-2,7,12-17H2,3-4H3. The van der Waals surface area contributed by atoms with Crippen molar-refractivity contribution in [2.45, 2.75) is 20.3 Å². The normalized spacial score (nSPS) is 11.3. The third-order valence-corrected chi connectivity index (χ3v) is 4.05. The van der Waals surface area contributed by atoms with Gasteiger partial charge in [-0.25, -0.2) is 0 Å². The highest BCUT2D eigenvalue weighted by atomic mass is 16.5. The molecule has 25 heavy (non-hydrogen) atoms. The number of hydrogen-bond donors (Lipinski definition) is 0. The molecule has 0 saturated carbocycles. The Morgan fingerprint density at radius 2 is 1.52 bits per heavy atom. The van der Waals surface area contributed by atoms with Crippen LogP contribution in [0.25, 0.3) is 0 Å². The zero-order chi connectivity index (χ0) is 18.5. The van der Waals surface area contributed by atoms with Crippen LogP contribution < -0.4 is 0 Å². The summed E-state index contributed by atoms with van der Waals surface area (Å²) >= 11 is 0. The Morgan fingerprint density at radius 3 is 2.00 bits per heavy atom. The van der Waals surface area contributed by atoms with Gasteiger partial charge in [-0.1, -0.05) is 48.9 Å². The summed E-state index contributed by atoms with van der Waals surface area (Å²) in [5, 5.41) is 0. The van der Waals surface area contributed by atoms with Crippen LogP contribution in [0.4, 0.5) is 0 Å². The van der Waals surface area contributed by atoms with Gasteiger partial charge in [0, 0.05) is 11.0 Å². The van der Waals surface area contributed by atoms with Crippen molar-refractivity contribution in [1.82, 2.24) is 0 Å². The van der Waals surface area contributed by atoms with Crippen LogP contribution in [-0.4, -0.2) is 45.4 Å². The van der Waals surface area contributed by atoms with Crippen LogP contribution in [-0.2, 0) is 14.2 Å². The Balaban J connectivity index is 2.59. The molecule has 138 valence electrons. The second kappa shape index (κ2) is 11.7. The van der Waals surface area contributed by atoms with Gasteiger partial charge in [0.25, 0.3) is 0 Å². The number of rotatable bonds is 14. The van der Waals surface area contributed by atoms with Crippen LogP contribution in [0.2, 0.25) is 0 Å². The Kier molecular flexibility index (Phi) is 10.0. The highest BCUT2D eigenvalue weighted by molar-refractivity contribution is 5.97. The van der Waals surface area contributed by atoms with Crippen molar-refractivity contribution in [3.8, 4) is 0 Å². The van der Waals surface area contributed by atoms with Crippen LogP contribution in [0, 0.1) is 12.3 Å². The highest BCUT2D eigenvalue weighted by Gasteiger charge is 2.30. The summed E-state index contributed by atoms with van der Waals surface area (Å²) in [6.07, 6.45) is 4.25. The van der Waals surface area contributed by atoms with Crippen molar-refractivity contribution >= 4 is 5.78 Å². The Hall–Kier alpha value is -1.75. The molecule has 1 aromatic rings. The van der Waals surface area contributed by atoms with E-state index in [1.54, 1.807) is 12.2 Å². The molecule has 4 heteroatoms. The lowest BCUT2D eigenvalue weighted by Gasteiger charge is -2.31. The number of ketones is 1. The second-order valence-electron chi connectivity index (χ2n) is 6.24. The van der Waals surface area contributed by atoms with E-state index in [0.29, 0.717) is 38.6 Å². The SMILES string of the molecule is C=CCOCC(CC)(COCC=C)COCC(=O)c1ccc(C)cc1. The predicted octanol–water partition coefficient (Wildman–Crippen LogP) is 4.00. The Labute approximate surface area is 151 Å². The van der Waals surface area contributed by atoms with Crippen LogP contribution in [0.5, 0.6) is 0 Å². The van der Waals surface area contributed by atoms with E-state index in [1.807, 2.05) is 31.2 Å².